The zero-order chi connectivity index (χ0) is 8.85. The van der Waals surface area contributed by atoms with Crippen molar-refractivity contribution in [3.05, 3.63) is 0 Å². The number of likely N-dealkylation sites (N-methyl/N-ethyl adjacent to an activating group) is 1. The van der Waals surface area contributed by atoms with E-state index in [0.717, 1.165) is 0 Å². The van der Waals surface area contributed by atoms with E-state index in [1.165, 1.54) is 0 Å². The van der Waals surface area contributed by atoms with E-state index in [2.05, 4.69) is 5.32 Å². The average molecular weight is 161 g/mol. The molecule has 0 fully saturated rings. The fraction of sp³-hybridized carbons (Fsp3) is 0.667. The lowest BCUT2D eigenvalue weighted by Gasteiger charge is -2.08. The number of aliphatic carboxylic acids is 2. The van der Waals surface area contributed by atoms with Crippen LogP contribution in [0.3, 0.4) is 0 Å². The molecule has 0 spiro atoms. The second-order valence-electron chi connectivity index (χ2n) is 2.05. The van der Waals surface area contributed by atoms with Crippen molar-refractivity contribution in [2.75, 3.05) is 6.54 Å². The number of carbonyl (C=O) groups is 2. The van der Waals surface area contributed by atoms with Crippen LogP contribution in [0.5, 0.6) is 0 Å². The highest BCUT2D eigenvalue weighted by Crippen LogP contribution is 1.91. The Hall–Kier alpha value is -1.10. The Balaban J connectivity index is 3.89. The zero-order valence-electron chi connectivity index (χ0n) is 6.20. The van der Waals surface area contributed by atoms with Crippen LogP contribution in [-0.4, -0.2) is 34.7 Å². The van der Waals surface area contributed by atoms with E-state index >= 15 is 0 Å². The van der Waals surface area contributed by atoms with Crippen LogP contribution in [0.25, 0.3) is 0 Å². The van der Waals surface area contributed by atoms with Gasteiger partial charge in [-0.2, -0.15) is 0 Å². The van der Waals surface area contributed by atoms with E-state index in [4.69, 9.17) is 10.2 Å². The first-order chi connectivity index (χ1) is 5.07. The molecule has 0 aromatic heterocycles. The van der Waals surface area contributed by atoms with Crippen LogP contribution in [0, 0.1) is 0 Å². The molecule has 0 bridgehead atoms. The number of carboxylic acid groups (broad SMARTS) is 2. The topological polar surface area (TPSA) is 86.6 Å². The maximum absolute atomic E-state index is 10.3. The van der Waals surface area contributed by atoms with Gasteiger partial charge < -0.3 is 15.5 Å². The standard InChI is InChI=1S/C6H11NO4/c1-2-7-4(6(10)11)3-5(8)9/h4,7H,2-3H2,1H3,(H,8,9)(H,10,11)/t4-/m0/s1. The number of carboxylic acids is 2. The second kappa shape index (κ2) is 4.68. The lowest BCUT2D eigenvalue weighted by molar-refractivity contribution is -0.145. The third kappa shape index (κ3) is 4.32. The van der Waals surface area contributed by atoms with E-state index < -0.39 is 18.0 Å². The van der Waals surface area contributed by atoms with Gasteiger partial charge in [0.1, 0.15) is 6.04 Å². The van der Waals surface area contributed by atoms with Gasteiger partial charge in [0.25, 0.3) is 0 Å². The van der Waals surface area contributed by atoms with Gasteiger partial charge in [0, 0.05) is 0 Å². The number of nitrogens with one attached hydrogen (secondary N) is 1. The molecular formula is C6H11NO4. The minimum atomic E-state index is -1.13. The Labute approximate surface area is 64.0 Å². The van der Waals surface area contributed by atoms with Crippen LogP contribution in [-0.2, 0) is 9.59 Å². The highest BCUT2D eigenvalue weighted by Gasteiger charge is 2.18. The van der Waals surface area contributed by atoms with Crippen LogP contribution in [0.1, 0.15) is 13.3 Å². The highest BCUT2D eigenvalue weighted by atomic mass is 16.4. The molecule has 0 aliphatic heterocycles. The molecule has 11 heavy (non-hydrogen) atoms. The molecule has 0 saturated heterocycles. The van der Waals surface area contributed by atoms with Gasteiger partial charge in [-0.15, -0.1) is 0 Å². The van der Waals surface area contributed by atoms with E-state index in [1.807, 2.05) is 0 Å². The van der Waals surface area contributed by atoms with Gasteiger partial charge in [-0.3, -0.25) is 9.59 Å². The SMILES string of the molecule is CCN[C@@H](CC(=O)O)C(=O)O. The summed E-state index contributed by atoms with van der Waals surface area (Å²) in [5, 5.41) is 19.2. The molecule has 5 nitrogen and oxygen atoms in total. The van der Waals surface area contributed by atoms with Gasteiger partial charge in [0.2, 0.25) is 0 Å². The Morgan fingerprint density at radius 1 is 1.45 bits per heavy atom. The zero-order valence-corrected chi connectivity index (χ0v) is 6.20. The average Bonchev–Trinajstić information content (AvgIpc) is 1.86. The Morgan fingerprint density at radius 2 is 2.00 bits per heavy atom. The summed E-state index contributed by atoms with van der Waals surface area (Å²) in [6.45, 7) is 2.17. The summed E-state index contributed by atoms with van der Waals surface area (Å²) in [6.07, 6.45) is -0.386. The summed E-state index contributed by atoms with van der Waals surface area (Å²) in [6, 6.07) is -0.975. The van der Waals surface area contributed by atoms with Gasteiger partial charge >= 0.3 is 11.9 Å². The molecule has 0 aromatic rings. The van der Waals surface area contributed by atoms with E-state index in [9.17, 15) is 9.59 Å². The summed E-state index contributed by atoms with van der Waals surface area (Å²) in [5.74, 6) is -2.24. The first-order valence-corrected chi connectivity index (χ1v) is 3.26. The summed E-state index contributed by atoms with van der Waals surface area (Å²) in [7, 11) is 0. The maximum Gasteiger partial charge on any atom is 0.321 e. The van der Waals surface area contributed by atoms with Gasteiger partial charge in [-0.05, 0) is 6.54 Å². The highest BCUT2D eigenvalue weighted by molar-refractivity contribution is 5.80. The van der Waals surface area contributed by atoms with Crippen LogP contribution in [0.15, 0.2) is 0 Å². The molecule has 0 heterocycles. The van der Waals surface area contributed by atoms with Crippen molar-refractivity contribution < 1.29 is 19.8 Å². The molecule has 0 aliphatic carbocycles. The van der Waals surface area contributed by atoms with Crippen LogP contribution in [0.4, 0.5) is 0 Å². The maximum atomic E-state index is 10.3. The van der Waals surface area contributed by atoms with Crippen molar-refractivity contribution in [3.63, 3.8) is 0 Å². The minimum absolute atomic E-state index is 0.386. The Morgan fingerprint density at radius 3 is 2.27 bits per heavy atom. The molecule has 0 amide bonds. The minimum Gasteiger partial charge on any atom is -0.481 e. The summed E-state index contributed by atoms with van der Waals surface area (Å²) in [4.78, 5) is 20.4. The number of hydrogen-bond donors (Lipinski definition) is 3. The van der Waals surface area contributed by atoms with E-state index in [-0.39, 0.29) is 6.42 Å². The largest absolute Gasteiger partial charge is 0.481 e. The Bertz CT molecular complexity index is 157. The lowest BCUT2D eigenvalue weighted by atomic mass is 10.2. The van der Waals surface area contributed by atoms with E-state index in [0.29, 0.717) is 6.54 Å². The molecule has 0 saturated carbocycles. The van der Waals surface area contributed by atoms with E-state index in [1.54, 1.807) is 6.92 Å². The monoisotopic (exact) mass is 161 g/mol. The molecule has 0 aliphatic rings. The normalized spacial score (nSPS) is 12.5. The predicted octanol–water partition coefficient (Wildman–Crippen LogP) is -0.476. The second-order valence-corrected chi connectivity index (χ2v) is 2.05. The van der Waals surface area contributed by atoms with Gasteiger partial charge in [0.15, 0.2) is 0 Å². The molecule has 0 aromatic carbocycles. The molecule has 0 unspecified atom stereocenters. The summed E-state index contributed by atoms with van der Waals surface area (Å²) >= 11 is 0. The van der Waals surface area contributed by atoms with Crippen LogP contribution >= 0.6 is 0 Å². The third-order valence-corrected chi connectivity index (χ3v) is 1.13. The van der Waals surface area contributed by atoms with Crippen LogP contribution < -0.4 is 5.32 Å². The first kappa shape index (κ1) is 9.90. The van der Waals surface area contributed by atoms with Crippen molar-refractivity contribution >= 4 is 11.9 Å². The molecule has 64 valence electrons. The smallest absolute Gasteiger partial charge is 0.321 e. The van der Waals surface area contributed by atoms with Crippen molar-refractivity contribution in [2.24, 2.45) is 0 Å². The molecule has 5 heteroatoms. The predicted molar refractivity (Wildman–Crippen MR) is 37.4 cm³/mol. The van der Waals surface area contributed by atoms with Gasteiger partial charge in [-0.1, -0.05) is 6.92 Å². The fourth-order valence-electron chi connectivity index (χ4n) is 0.668. The number of hydrogen-bond acceptors (Lipinski definition) is 3. The summed E-state index contributed by atoms with van der Waals surface area (Å²) < 4.78 is 0. The molecule has 3 N–H and O–H groups in total. The molecule has 0 rings (SSSR count). The quantitative estimate of drug-likeness (QED) is 0.507. The van der Waals surface area contributed by atoms with Crippen molar-refractivity contribution in [2.45, 2.75) is 19.4 Å². The van der Waals surface area contributed by atoms with Crippen LogP contribution in [0.2, 0.25) is 0 Å². The molecule has 1 atom stereocenters. The van der Waals surface area contributed by atoms with Gasteiger partial charge in [-0.25, -0.2) is 0 Å². The lowest BCUT2D eigenvalue weighted by Crippen LogP contribution is -2.38. The fourth-order valence-corrected chi connectivity index (χ4v) is 0.668. The Kier molecular flexibility index (Phi) is 4.21. The summed E-state index contributed by atoms with van der Waals surface area (Å²) in [5.41, 5.74) is 0. The molecular weight excluding hydrogens is 150 g/mol. The number of rotatable bonds is 5. The van der Waals surface area contributed by atoms with Crippen molar-refractivity contribution in [1.29, 1.82) is 0 Å². The van der Waals surface area contributed by atoms with Crippen molar-refractivity contribution in [3.8, 4) is 0 Å². The van der Waals surface area contributed by atoms with Crippen molar-refractivity contribution in [1.82, 2.24) is 5.32 Å². The third-order valence-electron chi connectivity index (χ3n) is 1.13. The first-order valence-electron chi connectivity index (χ1n) is 3.26. The van der Waals surface area contributed by atoms with Gasteiger partial charge in [0.05, 0.1) is 6.42 Å². The molecule has 0 radical (unpaired) electrons.